The third-order valence-corrected chi connectivity index (χ3v) is 7.31. The summed E-state index contributed by atoms with van der Waals surface area (Å²) in [5.74, 6) is 2.09. The molecule has 5 rings (SSSR count). The van der Waals surface area contributed by atoms with Gasteiger partial charge in [-0.25, -0.2) is 9.97 Å². The monoisotopic (exact) mass is 464 g/mol. The summed E-state index contributed by atoms with van der Waals surface area (Å²) in [4.78, 5) is 11.9. The first kappa shape index (κ1) is 22.4. The number of halogens is 1. The van der Waals surface area contributed by atoms with Crippen LogP contribution in [-0.4, -0.2) is 44.3 Å². The highest BCUT2D eigenvalue weighted by atomic mass is 35.5. The Morgan fingerprint density at radius 1 is 1.18 bits per heavy atom. The molecular weight excluding hydrogens is 432 g/mol. The lowest BCUT2D eigenvalue weighted by Gasteiger charge is -2.34. The van der Waals surface area contributed by atoms with Gasteiger partial charge >= 0.3 is 0 Å². The van der Waals surface area contributed by atoms with E-state index < -0.39 is 0 Å². The molecule has 0 bridgehead atoms. The molecule has 3 atom stereocenters. The van der Waals surface area contributed by atoms with E-state index in [1.807, 2.05) is 17.9 Å². The number of anilines is 1. The Bertz CT molecular complexity index is 1080. The van der Waals surface area contributed by atoms with Crippen LogP contribution in [0.3, 0.4) is 0 Å². The summed E-state index contributed by atoms with van der Waals surface area (Å²) in [5.41, 5.74) is 4.85. The quantitative estimate of drug-likeness (QED) is 0.519. The molecule has 174 valence electrons. The van der Waals surface area contributed by atoms with Crippen LogP contribution >= 0.6 is 11.6 Å². The van der Waals surface area contributed by atoms with Crippen molar-refractivity contribution < 1.29 is 0 Å². The highest BCUT2D eigenvalue weighted by molar-refractivity contribution is 6.28. The molecule has 3 heterocycles. The van der Waals surface area contributed by atoms with Crippen LogP contribution in [0.2, 0.25) is 5.28 Å². The van der Waals surface area contributed by atoms with Crippen LogP contribution < -0.4 is 5.32 Å². The van der Waals surface area contributed by atoms with Gasteiger partial charge in [-0.2, -0.15) is 5.10 Å². The maximum absolute atomic E-state index is 6.39. The Kier molecular flexibility index (Phi) is 6.65. The number of benzene rings is 1. The number of piperidine rings is 1. The third-order valence-electron chi connectivity index (χ3n) is 7.14. The molecule has 6 nitrogen and oxygen atoms in total. The van der Waals surface area contributed by atoms with Crippen molar-refractivity contribution in [2.75, 3.05) is 25.0 Å². The Hall–Kier alpha value is -2.44. The minimum Gasteiger partial charge on any atom is -0.361 e. The van der Waals surface area contributed by atoms with Crippen molar-refractivity contribution in [1.82, 2.24) is 24.6 Å². The SMILES string of the molecule is C[C@H]1CCCN(C[C@H](Nc2nc(Cl)nc3c2C[C@H](c2ccccc2)CC3)c2cnn(C)c2)C1. The average molecular weight is 465 g/mol. The fourth-order valence-electron chi connectivity index (χ4n) is 5.44. The summed E-state index contributed by atoms with van der Waals surface area (Å²) in [6.07, 6.45) is 9.58. The molecule has 1 aliphatic heterocycles. The Balaban J connectivity index is 1.43. The first-order chi connectivity index (χ1) is 16.0. The van der Waals surface area contributed by atoms with E-state index in [0.29, 0.717) is 11.2 Å². The number of hydrogen-bond donors (Lipinski definition) is 1. The standard InChI is InChI=1S/C26H33ClN6/c1-18-7-6-12-33(15-18)17-24(21-14-28-32(2)16-21)29-25-22-13-20(19-8-4-3-5-9-19)10-11-23(22)30-26(27)31-25/h3-5,8-9,14,16,18,20,24H,6-7,10-13,15,17H2,1-2H3,(H,29,30,31)/t18-,20+,24-/m0/s1. The van der Waals surface area contributed by atoms with Gasteiger partial charge in [0.2, 0.25) is 5.28 Å². The number of nitrogens with zero attached hydrogens (tertiary/aromatic N) is 5. The first-order valence-corrected chi connectivity index (χ1v) is 12.5. The summed E-state index contributed by atoms with van der Waals surface area (Å²) >= 11 is 6.39. The number of hydrogen-bond acceptors (Lipinski definition) is 5. The molecule has 2 aliphatic rings. The van der Waals surface area contributed by atoms with Gasteiger partial charge in [0.15, 0.2) is 0 Å². The number of likely N-dealkylation sites (tertiary alicyclic amines) is 1. The summed E-state index contributed by atoms with van der Waals surface area (Å²) in [6.45, 7) is 5.55. The van der Waals surface area contributed by atoms with E-state index in [9.17, 15) is 0 Å². The minimum atomic E-state index is 0.0937. The predicted molar refractivity (Wildman–Crippen MR) is 133 cm³/mol. The van der Waals surface area contributed by atoms with E-state index in [-0.39, 0.29) is 6.04 Å². The largest absolute Gasteiger partial charge is 0.361 e. The number of aromatic nitrogens is 4. The lowest BCUT2D eigenvalue weighted by Crippen LogP contribution is -2.39. The second kappa shape index (κ2) is 9.82. The maximum Gasteiger partial charge on any atom is 0.224 e. The summed E-state index contributed by atoms with van der Waals surface area (Å²) in [5, 5.41) is 8.55. The fourth-order valence-corrected chi connectivity index (χ4v) is 5.63. The van der Waals surface area contributed by atoms with Gasteiger partial charge in [-0.15, -0.1) is 0 Å². The van der Waals surface area contributed by atoms with Gasteiger partial charge in [-0.1, -0.05) is 37.3 Å². The molecule has 1 N–H and O–H groups in total. The highest BCUT2D eigenvalue weighted by Crippen LogP contribution is 2.36. The van der Waals surface area contributed by atoms with Crippen LogP contribution in [0.15, 0.2) is 42.7 Å². The van der Waals surface area contributed by atoms with E-state index in [1.54, 1.807) is 0 Å². The van der Waals surface area contributed by atoms with Gasteiger partial charge in [0, 0.05) is 37.5 Å². The first-order valence-electron chi connectivity index (χ1n) is 12.1. The smallest absolute Gasteiger partial charge is 0.224 e. The Labute approximate surface area is 201 Å². The normalized spacial score (nSPS) is 22.0. The van der Waals surface area contributed by atoms with Crippen LogP contribution in [0.4, 0.5) is 5.82 Å². The van der Waals surface area contributed by atoms with Crippen LogP contribution in [-0.2, 0) is 19.9 Å². The zero-order valence-corrected chi connectivity index (χ0v) is 20.3. The molecule has 0 saturated carbocycles. The van der Waals surface area contributed by atoms with Gasteiger partial charge in [0.25, 0.3) is 0 Å². The molecule has 0 amide bonds. The zero-order valence-electron chi connectivity index (χ0n) is 19.5. The number of nitrogens with one attached hydrogen (secondary N) is 1. The molecule has 0 radical (unpaired) electrons. The minimum absolute atomic E-state index is 0.0937. The molecule has 7 heteroatoms. The van der Waals surface area contributed by atoms with E-state index in [2.05, 4.69) is 63.8 Å². The molecular formula is C26H33ClN6. The lowest BCUT2D eigenvalue weighted by atomic mass is 9.82. The van der Waals surface area contributed by atoms with Gasteiger partial charge < -0.3 is 10.2 Å². The van der Waals surface area contributed by atoms with Crippen molar-refractivity contribution in [3.8, 4) is 0 Å². The molecule has 2 aromatic heterocycles. The maximum atomic E-state index is 6.39. The summed E-state index contributed by atoms with van der Waals surface area (Å²) < 4.78 is 1.87. The van der Waals surface area contributed by atoms with Gasteiger partial charge in [0.1, 0.15) is 5.82 Å². The number of fused-ring (bicyclic) bond motifs is 1. The number of aryl methyl sites for hydroxylation is 2. The predicted octanol–water partition coefficient (Wildman–Crippen LogP) is 5.02. The molecule has 33 heavy (non-hydrogen) atoms. The molecule has 0 unspecified atom stereocenters. The van der Waals surface area contributed by atoms with Crippen molar-refractivity contribution in [2.24, 2.45) is 13.0 Å². The second-order valence-electron chi connectivity index (χ2n) is 9.77. The van der Waals surface area contributed by atoms with Crippen molar-refractivity contribution in [2.45, 2.75) is 51.0 Å². The number of rotatable bonds is 6. The molecule has 0 spiro atoms. The summed E-state index contributed by atoms with van der Waals surface area (Å²) in [7, 11) is 1.97. The van der Waals surface area contributed by atoms with Crippen molar-refractivity contribution in [1.29, 1.82) is 0 Å². The summed E-state index contributed by atoms with van der Waals surface area (Å²) in [6, 6.07) is 10.9. The molecule has 1 aliphatic carbocycles. The third kappa shape index (κ3) is 5.22. The molecule has 1 fully saturated rings. The van der Waals surface area contributed by atoms with Crippen LogP contribution in [0.25, 0.3) is 0 Å². The van der Waals surface area contributed by atoms with Crippen LogP contribution in [0, 0.1) is 5.92 Å². The molecule has 1 aromatic carbocycles. The van der Waals surface area contributed by atoms with E-state index in [0.717, 1.165) is 56.3 Å². The van der Waals surface area contributed by atoms with E-state index in [1.165, 1.54) is 29.5 Å². The van der Waals surface area contributed by atoms with Gasteiger partial charge in [-0.3, -0.25) is 4.68 Å². The Morgan fingerprint density at radius 2 is 2.03 bits per heavy atom. The van der Waals surface area contributed by atoms with E-state index in [4.69, 9.17) is 16.6 Å². The topological polar surface area (TPSA) is 58.9 Å². The van der Waals surface area contributed by atoms with Crippen molar-refractivity contribution >= 4 is 17.4 Å². The van der Waals surface area contributed by atoms with Crippen molar-refractivity contribution in [3.63, 3.8) is 0 Å². The zero-order chi connectivity index (χ0) is 22.8. The van der Waals surface area contributed by atoms with E-state index >= 15 is 0 Å². The van der Waals surface area contributed by atoms with Gasteiger partial charge in [-0.05, 0) is 67.6 Å². The van der Waals surface area contributed by atoms with Gasteiger partial charge in [0.05, 0.1) is 17.9 Å². The van der Waals surface area contributed by atoms with Crippen molar-refractivity contribution in [3.05, 3.63) is 70.4 Å². The highest BCUT2D eigenvalue weighted by Gasteiger charge is 2.28. The molecule has 3 aromatic rings. The second-order valence-corrected chi connectivity index (χ2v) is 10.1. The fraction of sp³-hybridized carbons (Fsp3) is 0.500. The van der Waals surface area contributed by atoms with Crippen LogP contribution in [0.5, 0.6) is 0 Å². The van der Waals surface area contributed by atoms with Crippen LogP contribution in [0.1, 0.15) is 60.5 Å². The molecule has 1 saturated heterocycles. The average Bonchev–Trinajstić information content (AvgIpc) is 3.25. The Morgan fingerprint density at radius 3 is 2.79 bits per heavy atom. The lowest BCUT2D eigenvalue weighted by molar-refractivity contribution is 0.177.